The summed E-state index contributed by atoms with van der Waals surface area (Å²) in [5.74, 6) is 1.57. The van der Waals surface area contributed by atoms with E-state index in [0.29, 0.717) is 77.2 Å². The largest absolute Gasteiger partial charge is 0.394 e. The Morgan fingerprint density at radius 1 is 0.704 bits per heavy atom. The highest BCUT2D eigenvalue weighted by atomic mass is 16.7. The van der Waals surface area contributed by atoms with Gasteiger partial charge in [0, 0.05) is 5.92 Å². The number of allylic oxidation sites excluding steroid dienone is 2. The normalized spacial score (nSPS) is 24.7. The number of fused-ring (bicyclic) bond motifs is 2. The molecule has 2 rings (SSSR count). The van der Waals surface area contributed by atoms with Crippen molar-refractivity contribution in [2.24, 2.45) is 17.8 Å². The molecular formula is C19H34O8. The van der Waals surface area contributed by atoms with Crippen molar-refractivity contribution >= 4 is 0 Å². The molecule has 0 aromatic heterocycles. The first-order valence-corrected chi connectivity index (χ1v) is 9.79. The molecule has 0 aliphatic heterocycles. The van der Waals surface area contributed by atoms with E-state index < -0.39 is 0 Å². The molecule has 8 heteroatoms. The molecule has 0 radical (unpaired) electrons. The van der Waals surface area contributed by atoms with Crippen LogP contribution >= 0.6 is 0 Å². The summed E-state index contributed by atoms with van der Waals surface area (Å²) in [7, 11) is 0. The molecule has 158 valence electrons. The molecule has 4 unspecified atom stereocenters. The molecule has 0 aromatic carbocycles. The van der Waals surface area contributed by atoms with Crippen LogP contribution in [-0.2, 0) is 28.4 Å². The first-order valence-electron chi connectivity index (χ1n) is 9.79. The Hall–Kier alpha value is -0.580. The fourth-order valence-corrected chi connectivity index (χ4v) is 3.55. The molecule has 4 atom stereocenters. The second kappa shape index (κ2) is 14.4. The van der Waals surface area contributed by atoms with Crippen molar-refractivity contribution in [2.45, 2.75) is 19.1 Å². The summed E-state index contributed by atoms with van der Waals surface area (Å²) in [4.78, 5) is 0. The van der Waals surface area contributed by atoms with E-state index in [2.05, 4.69) is 12.2 Å². The van der Waals surface area contributed by atoms with E-state index in [9.17, 15) is 0 Å². The first-order chi connectivity index (χ1) is 13.3. The Bertz CT molecular complexity index is 392. The van der Waals surface area contributed by atoms with Gasteiger partial charge in [0.05, 0.1) is 66.1 Å². The summed E-state index contributed by atoms with van der Waals surface area (Å²) in [6.07, 6.45) is 6.64. The molecule has 1 fully saturated rings. The average molecular weight is 390 g/mol. The maximum absolute atomic E-state index is 8.63. The molecule has 27 heavy (non-hydrogen) atoms. The Morgan fingerprint density at radius 2 is 1.30 bits per heavy atom. The number of aliphatic hydroxyl groups excluding tert-OH is 2. The zero-order valence-corrected chi connectivity index (χ0v) is 16.0. The molecule has 2 N–H and O–H groups in total. The molecule has 2 bridgehead atoms. The van der Waals surface area contributed by atoms with Gasteiger partial charge in [-0.3, -0.25) is 0 Å². The van der Waals surface area contributed by atoms with E-state index in [-0.39, 0.29) is 19.7 Å². The van der Waals surface area contributed by atoms with Gasteiger partial charge in [-0.15, -0.1) is 0 Å². The summed E-state index contributed by atoms with van der Waals surface area (Å²) in [5.41, 5.74) is 0. The van der Waals surface area contributed by atoms with E-state index in [4.69, 9.17) is 38.6 Å². The van der Waals surface area contributed by atoms with E-state index in [1.165, 1.54) is 6.42 Å². The molecule has 8 nitrogen and oxygen atoms in total. The summed E-state index contributed by atoms with van der Waals surface area (Å²) in [6.45, 7) is 3.68. The highest BCUT2D eigenvalue weighted by Crippen LogP contribution is 2.45. The van der Waals surface area contributed by atoms with Crippen molar-refractivity contribution in [1.82, 2.24) is 0 Å². The third kappa shape index (κ3) is 8.97. The van der Waals surface area contributed by atoms with Gasteiger partial charge in [-0.1, -0.05) is 12.2 Å². The Balaban J connectivity index is 1.59. The number of hydrogen-bond donors (Lipinski definition) is 2. The fraction of sp³-hybridized carbons (Fsp3) is 0.895. The van der Waals surface area contributed by atoms with Gasteiger partial charge < -0.3 is 38.6 Å². The van der Waals surface area contributed by atoms with E-state index in [1.807, 2.05) is 0 Å². The van der Waals surface area contributed by atoms with Gasteiger partial charge in [0.25, 0.3) is 0 Å². The van der Waals surface area contributed by atoms with Crippen LogP contribution in [-0.4, -0.2) is 89.4 Å². The summed E-state index contributed by atoms with van der Waals surface area (Å²) in [6, 6.07) is 0. The molecule has 0 saturated heterocycles. The minimum Gasteiger partial charge on any atom is -0.394 e. The predicted octanol–water partition coefficient (Wildman–Crippen LogP) is 0.566. The van der Waals surface area contributed by atoms with Gasteiger partial charge >= 0.3 is 0 Å². The van der Waals surface area contributed by atoms with Crippen LogP contribution in [0.2, 0.25) is 0 Å². The Morgan fingerprint density at radius 3 is 1.81 bits per heavy atom. The van der Waals surface area contributed by atoms with Crippen LogP contribution in [0.3, 0.4) is 0 Å². The van der Waals surface area contributed by atoms with Crippen molar-refractivity contribution < 1.29 is 38.6 Å². The lowest BCUT2D eigenvalue weighted by atomic mass is 9.93. The molecule has 0 spiro atoms. The van der Waals surface area contributed by atoms with E-state index >= 15 is 0 Å². The average Bonchev–Trinajstić information content (AvgIpc) is 3.31. The topological polar surface area (TPSA) is 95.8 Å². The lowest BCUT2D eigenvalue weighted by Crippen LogP contribution is -2.32. The highest BCUT2D eigenvalue weighted by molar-refractivity contribution is 5.10. The maximum atomic E-state index is 8.63. The molecule has 0 amide bonds. The van der Waals surface area contributed by atoms with Crippen molar-refractivity contribution in [2.75, 3.05) is 72.9 Å². The molecular weight excluding hydrogens is 356 g/mol. The predicted molar refractivity (Wildman–Crippen MR) is 97.1 cm³/mol. The van der Waals surface area contributed by atoms with Gasteiger partial charge in [0.2, 0.25) is 0 Å². The standard InChI is InChI=1S/C19H34O8/c20-3-4-22-5-6-23-9-11-26-19(18-14-16-1-2-17(18)13-16)27-12-10-24-7-8-25-15-21/h1-2,16-21H,3-15H2. The van der Waals surface area contributed by atoms with E-state index in [1.54, 1.807) is 0 Å². The van der Waals surface area contributed by atoms with Crippen molar-refractivity contribution in [3.8, 4) is 0 Å². The van der Waals surface area contributed by atoms with Crippen LogP contribution in [0.25, 0.3) is 0 Å². The molecule has 2 aliphatic rings. The molecule has 1 saturated carbocycles. The number of hydrogen-bond acceptors (Lipinski definition) is 8. The number of aliphatic hydroxyl groups is 2. The minimum absolute atomic E-state index is 0.0261. The van der Waals surface area contributed by atoms with Gasteiger partial charge in [-0.25, -0.2) is 0 Å². The zero-order valence-electron chi connectivity index (χ0n) is 16.0. The van der Waals surface area contributed by atoms with Gasteiger partial charge in [-0.05, 0) is 24.7 Å². The SMILES string of the molecule is OCCOCCOCCOC(OCCOCCOCO)C1CC2C=CC1C2. The van der Waals surface area contributed by atoms with E-state index in [0.717, 1.165) is 6.42 Å². The third-order valence-electron chi connectivity index (χ3n) is 4.77. The van der Waals surface area contributed by atoms with Gasteiger partial charge in [0.15, 0.2) is 6.29 Å². The fourth-order valence-electron chi connectivity index (χ4n) is 3.55. The number of rotatable bonds is 18. The van der Waals surface area contributed by atoms with Crippen molar-refractivity contribution in [1.29, 1.82) is 0 Å². The first kappa shape index (κ1) is 22.7. The summed E-state index contributed by atoms with van der Waals surface area (Å²) in [5, 5.41) is 17.2. The number of ether oxygens (including phenoxy) is 6. The second-order valence-corrected chi connectivity index (χ2v) is 6.65. The molecule has 2 aliphatic carbocycles. The minimum atomic E-state index is -0.289. The second-order valence-electron chi connectivity index (χ2n) is 6.65. The van der Waals surface area contributed by atoms with Gasteiger partial charge in [-0.2, -0.15) is 0 Å². The Kier molecular flexibility index (Phi) is 12.1. The summed E-state index contributed by atoms with van der Waals surface area (Å²) < 4.78 is 32.8. The molecule has 0 aromatic rings. The lowest BCUT2D eigenvalue weighted by molar-refractivity contribution is -0.189. The van der Waals surface area contributed by atoms with Crippen LogP contribution in [0.15, 0.2) is 12.2 Å². The van der Waals surface area contributed by atoms with Crippen molar-refractivity contribution in [3.63, 3.8) is 0 Å². The zero-order chi connectivity index (χ0) is 19.2. The highest BCUT2D eigenvalue weighted by Gasteiger charge is 2.41. The van der Waals surface area contributed by atoms with Gasteiger partial charge in [0.1, 0.15) is 6.79 Å². The molecule has 0 heterocycles. The van der Waals surface area contributed by atoms with Crippen LogP contribution in [0.4, 0.5) is 0 Å². The van der Waals surface area contributed by atoms with Crippen LogP contribution in [0.5, 0.6) is 0 Å². The van der Waals surface area contributed by atoms with Crippen LogP contribution in [0.1, 0.15) is 12.8 Å². The monoisotopic (exact) mass is 390 g/mol. The summed E-state index contributed by atoms with van der Waals surface area (Å²) >= 11 is 0. The van der Waals surface area contributed by atoms with Crippen LogP contribution < -0.4 is 0 Å². The maximum Gasteiger partial charge on any atom is 0.161 e. The Labute approximate surface area is 161 Å². The smallest absolute Gasteiger partial charge is 0.161 e. The third-order valence-corrected chi connectivity index (χ3v) is 4.77. The quantitative estimate of drug-likeness (QED) is 0.199. The lowest BCUT2D eigenvalue weighted by Gasteiger charge is -2.28. The van der Waals surface area contributed by atoms with Crippen molar-refractivity contribution in [3.05, 3.63) is 12.2 Å². The van der Waals surface area contributed by atoms with Crippen LogP contribution in [0, 0.1) is 17.8 Å².